The van der Waals surface area contributed by atoms with Crippen LogP contribution in [-0.2, 0) is 21.1 Å². The van der Waals surface area contributed by atoms with Crippen molar-refractivity contribution in [3.8, 4) is 0 Å². The lowest BCUT2D eigenvalue weighted by Crippen LogP contribution is -2.38. The molecule has 0 unspecified atom stereocenters. The minimum absolute atomic E-state index is 0.0452. The molecule has 1 aromatic carbocycles. The molecule has 1 amide bonds. The van der Waals surface area contributed by atoms with Gasteiger partial charge >= 0.3 is 0 Å². The van der Waals surface area contributed by atoms with Crippen LogP contribution in [0.25, 0.3) is 0 Å². The molecule has 0 N–H and O–H groups in total. The van der Waals surface area contributed by atoms with E-state index in [0.29, 0.717) is 22.0 Å². The number of rotatable bonds is 3. The first-order valence-corrected chi connectivity index (χ1v) is 8.76. The number of hydrogen-bond donors (Lipinski definition) is 0. The van der Waals surface area contributed by atoms with Crippen molar-refractivity contribution < 1.29 is 13.2 Å². The van der Waals surface area contributed by atoms with Crippen LogP contribution < -0.4 is 0 Å². The summed E-state index contributed by atoms with van der Waals surface area (Å²) in [5, 5.41) is 0.958. The van der Waals surface area contributed by atoms with E-state index < -0.39 is 9.84 Å². The third-order valence-corrected chi connectivity index (χ3v) is 5.84. The lowest BCUT2D eigenvalue weighted by Gasteiger charge is -2.23. The average molecular weight is 336 g/mol. The molecule has 1 saturated heterocycles. The third-order valence-electron chi connectivity index (χ3n) is 3.51. The molecule has 1 aromatic rings. The smallest absolute Gasteiger partial charge is 0.227 e. The Labute approximate surface area is 128 Å². The Kier molecular flexibility index (Phi) is 4.62. The van der Waals surface area contributed by atoms with Crippen LogP contribution in [0.5, 0.6) is 0 Å². The maximum atomic E-state index is 12.2. The summed E-state index contributed by atoms with van der Waals surface area (Å²) in [5.41, 5.74) is 0.689. The minimum Gasteiger partial charge on any atom is -0.341 e. The number of likely N-dealkylation sites (N-methyl/N-ethyl adjacent to an activating group) is 1. The van der Waals surface area contributed by atoms with Gasteiger partial charge in [0.05, 0.1) is 17.9 Å². The van der Waals surface area contributed by atoms with Crippen LogP contribution in [0.4, 0.5) is 0 Å². The molecule has 0 aromatic heterocycles. The largest absolute Gasteiger partial charge is 0.341 e. The first kappa shape index (κ1) is 15.6. The van der Waals surface area contributed by atoms with E-state index >= 15 is 0 Å². The van der Waals surface area contributed by atoms with Crippen LogP contribution in [0.15, 0.2) is 18.2 Å². The van der Waals surface area contributed by atoms with Gasteiger partial charge in [-0.15, -0.1) is 0 Å². The van der Waals surface area contributed by atoms with Gasteiger partial charge in [-0.05, 0) is 24.1 Å². The van der Waals surface area contributed by atoms with Gasteiger partial charge in [0.15, 0.2) is 9.84 Å². The molecule has 1 aliphatic rings. The number of halogens is 2. The average Bonchev–Trinajstić information content (AvgIpc) is 2.72. The second kappa shape index (κ2) is 5.92. The molecular weight excluding hydrogens is 321 g/mol. The first-order valence-electron chi connectivity index (χ1n) is 6.18. The van der Waals surface area contributed by atoms with Crippen LogP contribution in [0.2, 0.25) is 10.0 Å². The molecule has 4 nitrogen and oxygen atoms in total. The van der Waals surface area contributed by atoms with E-state index in [1.165, 1.54) is 4.90 Å². The Hall–Kier alpha value is -0.780. The van der Waals surface area contributed by atoms with E-state index in [-0.39, 0.29) is 29.9 Å². The normalized spacial score (nSPS) is 20.9. The molecule has 20 heavy (non-hydrogen) atoms. The predicted molar refractivity (Wildman–Crippen MR) is 80.0 cm³/mol. The number of carbonyl (C=O) groups is 1. The maximum absolute atomic E-state index is 12.2. The van der Waals surface area contributed by atoms with Crippen molar-refractivity contribution in [2.75, 3.05) is 18.6 Å². The van der Waals surface area contributed by atoms with Gasteiger partial charge in [0, 0.05) is 23.1 Å². The fourth-order valence-electron chi connectivity index (χ4n) is 2.24. The van der Waals surface area contributed by atoms with Crippen molar-refractivity contribution in [3.63, 3.8) is 0 Å². The van der Waals surface area contributed by atoms with E-state index in [9.17, 15) is 13.2 Å². The molecule has 7 heteroatoms. The lowest BCUT2D eigenvalue weighted by atomic mass is 10.1. The molecule has 1 atom stereocenters. The Morgan fingerprint density at radius 2 is 2.10 bits per heavy atom. The Bertz CT molecular complexity index is 631. The molecule has 1 aliphatic heterocycles. The second-order valence-corrected chi connectivity index (χ2v) is 8.05. The van der Waals surface area contributed by atoms with E-state index in [2.05, 4.69) is 0 Å². The van der Waals surface area contributed by atoms with Crippen LogP contribution in [0.1, 0.15) is 12.0 Å². The molecular formula is C13H15Cl2NO3S. The van der Waals surface area contributed by atoms with Gasteiger partial charge in [-0.3, -0.25) is 4.79 Å². The zero-order valence-corrected chi connectivity index (χ0v) is 13.3. The van der Waals surface area contributed by atoms with Gasteiger partial charge in [-0.1, -0.05) is 29.3 Å². The van der Waals surface area contributed by atoms with Crippen molar-refractivity contribution in [1.29, 1.82) is 0 Å². The molecule has 2 rings (SSSR count). The van der Waals surface area contributed by atoms with Gasteiger partial charge in [0.1, 0.15) is 0 Å². The Morgan fingerprint density at radius 1 is 1.40 bits per heavy atom. The van der Waals surface area contributed by atoms with E-state index in [0.717, 1.165) is 0 Å². The van der Waals surface area contributed by atoms with Crippen molar-refractivity contribution in [2.24, 2.45) is 0 Å². The highest BCUT2D eigenvalue weighted by Gasteiger charge is 2.32. The predicted octanol–water partition coefficient (Wildman–Crippen LogP) is 2.18. The zero-order valence-electron chi connectivity index (χ0n) is 11.0. The maximum Gasteiger partial charge on any atom is 0.227 e. The van der Waals surface area contributed by atoms with Crippen LogP contribution in [0.3, 0.4) is 0 Å². The van der Waals surface area contributed by atoms with Gasteiger partial charge < -0.3 is 4.90 Å². The molecule has 110 valence electrons. The Balaban J connectivity index is 2.05. The van der Waals surface area contributed by atoms with Crippen molar-refractivity contribution in [1.82, 2.24) is 4.90 Å². The van der Waals surface area contributed by atoms with Crippen molar-refractivity contribution in [3.05, 3.63) is 33.8 Å². The molecule has 0 radical (unpaired) electrons. The topological polar surface area (TPSA) is 54.5 Å². The van der Waals surface area contributed by atoms with Gasteiger partial charge in [0.2, 0.25) is 5.91 Å². The summed E-state index contributed by atoms with van der Waals surface area (Å²) < 4.78 is 22.9. The number of amides is 1. The third kappa shape index (κ3) is 3.65. The van der Waals surface area contributed by atoms with Gasteiger partial charge in [-0.25, -0.2) is 8.42 Å². The first-order chi connectivity index (χ1) is 9.28. The monoisotopic (exact) mass is 335 g/mol. The fourth-order valence-corrected chi connectivity index (χ4v) is 4.49. The minimum atomic E-state index is -3.00. The summed E-state index contributed by atoms with van der Waals surface area (Å²) >= 11 is 11.8. The summed E-state index contributed by atoms with van der Waals surface area (Å²) in [7, 11) is -1.36. The number of carbonyl (C=O) groups excluding carboxylic acids is 1. The summed E-state index contributed by atoms with van der Waals surface area (Å²) in [6.45, 7) is 0. The van der Waals surface area contributed by atoms with Crippen LogP contribution in [-0.4, -0.2) is 43.8 Å². The number of hydrogen-bond acceptors (Lipinski definition) is 3. The lowest BCUT2D eigenvalue weighted by molar-refractivity contribution is -0.130. The highest BCUT2D eigenvalue weighted by atomic mass is 35.5. The zero-order chi connectivity index (χ0) is 14.9. The molecule has 0 aliphatic carbocycles. The van der Waals surface area contributed by atoms with E-state index in [1.54, 1.807) is 25.2 Å². The fraction of sp³-hybridized carbons (Fsp3) is 0.462. The number of nitrogens with zero attached hydrogens (tertiary/aromatic N) is 1. The van der Waals surface area contributed by atoms with E-state index in [1.807, 2.05) is 0 Å². The second-order valence-electron chi connectivity index (χ2n) is 4.97. The molecule has 0 saturated carbocycles. The summed E-state index contributed by atoms with van der Waals surface area (Å²) in [5.74, 6) is 0.0527. The summed E-state index contributed by atoms with van der Waals surface area (Å²) in [6.07, 6.45) is 0.641. The molecule has 1 fully saturated rings. The summed E-state index contributed by atoms with van der Waals surface area (Å²) in [4.78, 5) is 13.7. The highest BCUT2D eigenvalue weighted by Crippen LogP contribution is 2.23. The SMILES string of the molecule is CN(C(=O)Cc1ccc(Cl)cc1Cl)[C@H]1CCS(=O)(=O)C1. The van der Waals surface area contributed by atoms with Crippen LogP contribution >= 0.6 is 23.2 Å². The molecule has 0 bridgehead atoms. The molecule has 0 spiro atoms. The van der Waals surface area contributed by atoms with E-state index in [4.69, 9.17) is 23.2 Å². The number of benzene rings is 1. The van der Waals surface area contributed by atoms with Gasteiger partial charge in [0.25, 0.3) is 0 Å². The standard InChI is InChI=1S/C13H15Cl2NO3S/c1-16(11-4-5-20(18,19)8-11)13(17)6-9-2-3-10(14)7-12(9)15/h2-3,7,11H,4-6,8H2,1H3/t11-/m0/s1. The van der Waals surface area contributed by atoms with Crippen LogP contribution in [0, 0.1) is 0 Å². The van der Waals surface area contributed by atoms with Crippen molar-refractivity contribution in [2.45, 2.75) is 18.9 Å². The molecule has 1 heterocycles. The highest BCUT2D eigenvalue weighted by molar-refractivity contribution is 7.91. The van der Waals surface area contributed by atoms with Crippen molar-refractivity contribution >= 4 is 38.9 Å². The quantitative estimate of drug-likeness (QED) is 0.850. The summed E-state index contributed by atoms with van der Waals surface area (Å²) in [6, 6.07) is 4.74. The Morgan fingerprint density at radius 3 is 2.65 bits per heavy atom. The van der Waals surface area contributed by atoms with Gasteiger partial charge in [-0.2, -0.15) is 0 Å². The number of sulfone groups is 1.